The molecule has 0 radical (unpaired) electrons. The van der Waals surface area contributed by atoms with Gasteiger partial charge in [-0.15, -0.1) is 0 Å². The van der Waals surface area contributed by atoms with E-state index in [1.807, 2.05) is 24.3 Å². The summed E-state index contributed by atoms with van der Waals surface area (Å²) in [5, 5.41) is 9.60. The van der Waals surface area contributed by atoms with E-state index < -0.39 is 0 Å². The van der Waals surface area contributed by atoms with Crippen molar-refractivity contribution in [1.29, 1.82) is 0 Å². The largest absolute Gasteiger partial charge is 0.385 e. The molecule has 1 heterocycles. The van der Waals surface area contributed by atoms with Crippen LogP contribution in [0.1, 0.15) is 26.2 Å². The minimum atomic E-state index is -0.162. The van der Waals surface area contributed by atoms with Crippen LogP contribution in [0.2, 0.25) is 0 Å². The first-order valence-electron chi connectivity index (χ1n) is 6.70. The number of H-pyrrole nitrogens is 1. The van der Waals surface area contributed by atoms with Crippen molar-refractivity contribution in [2.24, 2.45) is 0 Å². The normalized spacial score (nSPS) is 10.4. The number of hydrogen-bond acceptors (Lipinski definition) is 3. The number of para-hydroxylation sites is 1. The maximum atomic E-state index is 11.8. The van der Waals surface area contributed by atoms with Gasteiger partial charge in [0.1, 0.15) is 0 Å². The van der Waals surface area contributed by atoms with Gasteiger partial charge in [0.15, 0.2) is 0 Å². The first kappa shape index (κ1) is 13.3. The van der Waals surface area contributed by atoms with Crippen molar-refractivity contribution < 1.29 is 0 Å². The lowest BCUT2D eigenvalue weighted by Crippen LogP contribution is -2.11. The molecule has 2 rings (SSSR count). The minimum Gasteiger partial charge on any atom is -0.385 e. The highest BCUT2D eigenvalue weighted by atomic mass is 16.1. The third-order valence-corrected chi connectivity index (χ3v) is 3.04. The van der Waals surface area contributed by atoms with Crippen LogP contribution in [0.25, 0.3) is 11.1 Å². The van der Waals surface area contributed by atoms with Gasteiger partial charge in [-0.2, -0.15) is 5.10 Å². The van der Waals surface area contributed by atoms with Gasteiger partial charge in [0.25, 0.3) is 5.56 Å². The van der Waals surface area contributed by atoms with Crippen molar-refractivity contribution in [1.82, 2.24) is 10.2 Å². The number of anilines is 1. The molecule has 0 saturated heterocycles. The van der Waals surface area contributed by atoms with Crippen LogP contribution in [0.3, 0.4) is 0 Å². The van der Waals surface area contributed by atoms with Crippen LogP contribution in [0.15, 0.2) is 41.3 Å². The number of aromatic amines is 1. The van der Waals surface area contributed by atoms with Crippen molar-refractivity contribution >= 4 is 5.69 Å². The standard InChI is InChI=1S/C15H19N3O/c1-2-3-6-10-16-14-8-5-4-7-12(14)13-9-11-17-18-15(13)19/h4-5,7-9,11,16H,2-3,6,10H2,1H3,(H,18,19). The molecule has 2 aromatic rings. The van der Waals surface area contributed by atoms with Gasteiger partial charge in [-0.25, -0.2) is 5.10 Å². The molecule has 4 heteroatoms. The van der Waals surface area contributed by atoms with Gasteiger partial charge >= 0.3 is 0 Å². The Kier molecular flexibility index (Phi) is 4.72. The molecule has 0 aliphatic rings. The maximum Gasteiger partial charge on any atom is 0.272 e. The highest BCUT2D eigenvalue weighted by molar-refractivity contribution is 5.76. The van der Waals surface area contributed by atoms with E-state index in [9.17, 15) is 4.79 Å². The molecule has 4 nitrogen and oxygen atoms in total. The topological polar surface area (TPSA) is 57.8 Å². The second-order valence-corrected chi connectivity index (χ2v) is 4.48. The average Bonchev–Trinajstić information content (AvgIpc) is 2.45. The van der Waals surface area contributed by atoms with Crippen molar-refractivity contribution in [2.45, 2.75) is 26.2 Å². The van der Waals surface area contributed by atoms with Gasteiger partial charge in [-0.3, -0.25) is 4.79 Å². The van der Waals surface area contributed by atoms with E-state index in [2.05, 4.69) is 22.4 Å². The highest BCUT2D eigenvalue weighted by Crippen LogP contribution is 2.24. The lowest BCUT2D eigenvalue weighted by atomic mass is 10.1. The zero-order valence-electron chi connectivity index (χ0n) is 11.1. The summed E-state index contributed by atoms with van der Waals surface area (Å²) in [6, 6.07) is 9.60. The summed E-state index contributed by atoms with van der Waals surface area (Å²) in [5.74, 6) is 0. The first-order chi connectivity index (χ1) is 9.33. The summed E-state index contributed by atoms with van der Waals surface area (Å²) in [4.78, 5) is 11.8. The molecular weight excluding hydrogens is 238 g/mol. The van der Waals surface area contributed by atoms with E-state index in [0.29, 0.717) is 5.56 Å². The molecule has 1 aromatic heterocycles. The molecule has 0 aliphatic carbocycles. The van der Waals surface area contributed by atoms with E-state index in [1.54, 1.807) is 12.3 Å². The molecule has 0 atom stereocenters. The van der Waals surface area contributed by atoms with E-state index in [1.165, 1.54) is 12.8 Å². The number of nitrogens with one attached hydrogen (secondary N) is 2. The second kappa shape index (κ2) is 6.73. The van der Waals surface area contributed by atoms with Crippen LogP contribution in [-0.2, 0) is 0 Å². The summed E-state index contributed by atoms with van der Waals surface area (Å²) in [6.07, 6.45) is 5.15. The predicted octanol–water partition coefficient (Wildman–Crippen LogP) is 3.04. The molecule has 0 spiro atoms. The molecule has 1 aromatic carbocycles. The van der Waals surface area contributed by atoms with Gasteiger partial charge in [-0.1, -0.05) is 38.0 Å². The number of benzene rings is 1. The zero-order chi connectivity index (χ0) is 13.5. The predicted molar refractivity (Wildman–Crippen MR) is 78.3 cm³/mol. The number of unbranched alkanes of at least 4 members (excludes halogenated alkanes) is 2. The summed E-state index contributed by atoms with van der Waals surface area (Å²) in [7, 11) is 0. The fourth-order valence-corrected chi connectivity index (χ4v) is 2.03. The van der Waals surface area contributed by atoms with Gasteiger partial charge in [0, 0.05) is 24.0 Å². The summed E-state index contributed by atoms with van der Waals surface area (Å²) < 4.78 is 0. The molecule has 0 bridgehead atoms. The Morgan fingerprint density at radius 1 is 1.16 bits per heavy atom. The Labute approximate surface area is 112 Å². The van der Waals surface area contributed by atoms with Crippen molar-refractivity contribution in [3.8, 4) is 11.1 Å². The maximum absolute atomic E-state index is 11.8. The van der Waals surface area contributed by atoms with Gasteiger partial charge in [0.2, 0.25) is 0 Å². The van der Waals surface area contributed by atoms with Crippen LogP contribution in [0, 0.1) is 0 Å². The third kappa shape index (κ3) is 3.44. The summed E-state index contributed by atoms with van der Waals surface area (Å²) in [6.45, 7) is 3.11. The Balaban J connectivity index is 2.22. The van der Waals surface area contributed by atoms with Gasteiger partial charge in [0.05, 0.1) is 5.56 Å². The van der Waals surface area contributed by atoms with Crippen LogP contribution in [0.5, 0.6) is 0 Å². The van der Waals surface area contributed by atoms with E-state index in [-0.39, 0.29) is 5.56 Å². The number of hydrogen-bond donors (Lipinski definition) is 2. The number of nitrogens with zero attached hydrogens (tertiary/aromatic N) is 1. The molecule has 19 heavy (non-hydrogen) atoms. The molecule has 0 fully saturated rings. The highest BCUT2D eigenvalue weighted by Gasteiger charge is 2.07. The fourth-order valence-electron chi connectivity index (χ4n) is 2.03. The quantitative estimate of drug-likeness (QED) is 0.782. The van der Waals surface area contributed by atoms with Crippen molar-refractivity contribution in [2.75, 3.05) is 11.9 Å². The van der Waals surface area contributed by atoms with Crippen molar-refractivity contribution in [3.05, 3.63) is 46.9 Å². The third-order valence-electron chi connectivity index (χ3n) is 3.04. The lowest BCUT2D eigenvalue weighted by Gasteiger charge is -2.11. The molecule has 0 aliphatic heterocycles. The number of rotatable bonds is 6. The summed E-state index contributed by atoms with van der Waals surface area (Å²) in [5.41, 5.74) is 2.40. The van der Waals surface area contributed by atoms with E-state index >= 15 is 0 Å². The van der Waals surface area contributed by atoms with Gasteiger partial charge in [-0.05, 0) is 18.6 Å². The molecular formula is C15H19N3O. The van der Waals surface area contributed by atoms with Crippen LogP contribution in [-0.4, -0.2) is 16.7 Å². The van der Waals surface area contributed by atoms with Crippen LogP contribution >= 0.6 is 0 Å². The Morgan fingerprint density at radius 3 is 2.79 bits per heavy atom. The Morgan fingerprint density at radius 2 is 2.00 bits per heavy atom. The minimum absolute atomic E-state index is 0.162. The first-order valence-corrected chi connectivity index (χ1v) is 6.70. The van der Waals surface area contributed by atoms with Crippen LogP contribution < -0.4 is 10.9 Å². The molecule has 100 valence electrons. The zero-order valence-corrected chi connectivity index (χ0v) is 11.1. The SMILES string of the molecule is CCCCCNc1ccccc1-c1ccn[nH]c1=O. The monoisotopic (exact) mass is 257 g/mol. The molecule has 0 saturated carbocycles. The number of aromatic nitrogens is 2. The van der Waals surface area contributed by atoms with Gasteiger partial charge < -0.3 is 5.32 Å². The molecule has 2 N–H and O–H groups in total. The second-order valence-electron chi connectivity index (χ2n) is 4.48. The average molecular weight is 257 g/mol. The molecule has 0 amide bonds. The molecule has 0 unspecified atom stereocenters. The Hall–Kier alpha value is -2.10. The fraction of sp³-hybridized carbons (Fsp3) is 0.333. The lowest BCUT2D eigenvalue weighted by molar-refractivity contribution is 0.744. The van der Waals surface area contributed by atoms with E-state index in [4.69, 9.17) is 0 Å². The van der Waals surface area contributed by atoms with E-state index in [0.717, 1.165) is 24.2 Å². The van der Waals surface area contributed by atoms with Crippen LogP contribution in [0.4, 0.5) is 5.69 Å². The van der Waals surface area contributed by atoms with Crippen molar-refractivity contribution in [3.63, 3.8) is 0 Å². The Bertz CT molecular complexity index is 577. The smallest absolute Gasteiger partial charge is 0.272 e. The summed E-state index contributed by atoms with van der Waals surface area (Å²) >= 11 is 0.